The number of esters is 1. The van der Waals surface area contributed by atoms with E-state index in [0.717, 1.165) is 18.4 Å². The van der Waals surface area contributed by atoms with E-state index in [2.05, 4.69) is 13.8 Å². The molecule has 1 aliphatic rings. The topological polar surface area (TPSA) is 55.8 Å². The van der Waals surface area contributed by atoms with E-state index in [1.807, 2.05) is 25.1 Å². The van der Waals surface area contributed by atoms with Crippen molar-refractivity contribution in [3.8, 4) is 5.75 Å². The van der Waals surface area contributed by atoms with Gasteiger partial charge in [-0.2, -0.15) is 0 Å². The number of carbonyl (C=O) groups excluding carboxylic acids is 2. The van der Waals surface area contributed by atoms with Crippen molar-refractivity contribution in [2.24, 2.45) is 0 Å². The summed E-state index contributed by atoms with van der Waals surface area (Å²) in [6.07, 6.45) is 2.49. The first kappa shape index (κ1) is 18.3. The van der Waals surface area contributed by atoms with Crippen LogP contribution in [0.3, 0.4) is 0 Å². The number of carbonyl (C=O) groups is 2. The van der Waals surface area contributed by atoms with E-state index in [-0.39, 0.29) is 18.5 Å². The molecular weight excluding hydrogens is 306 g/mol. The number of benzene rings is 1. The molecule has 5 nitrogen and oxygen atoms in total. The average Bonchev–Trinajstić information content (AvgIpc) is 2.58. The van der Waals surface area contributed by atoms with Gasteiger partial charge >= 0.3 is 5.97 Å². The summed E-state index contributed by atoms with van der Waals surface area (Å²) < 4.78 is 10.5. The molecule has 1 unspecified atom stereocenters. The predicted octanol–water partition coefficient (Wildman–Crippen LogP) is 3.05. The molecule has 2 rings (SSSR count). The highest BCUT2D eigenvalue weighted by Crippen LogP contribution is 2.24. The van der Waals surface area contributed by atoms with E-state index in [0.29, 0.717) is 24.6 Å². The van der Waals surface area contributed by atoms with Gasteiger partial charge in [0.05, 0.1) is 7.11 Å². The molecule has 0 bridgehead atoms. The number of aryl methyl sites for hydroxylation is 1. The number of piperidine rings is 1. The van der Waals surface area contributed by atoms with Crippen LogP contribution >= 0.6 is 0 Å². The van der Waals surface area contributed by atoms with Crippen LogP contribution in [-0.2, 0) is 14.3 Å². The summed E-state index contributed by atoms with van der Waals surface area (Å²) in [4.78, 5) is 25.9. The lowest BCUT2D eigenvalue weighted by molar-refractivity contribution is -0.155. The number of amides is 1. The lowest BCUT2D eigenvalue weighted by Gasteiger charge is -2.33. The number of nitrogens with zero attached hydrogens (tertiary/aromatic N) is 1. The van der Waals surface area contributed by atoms with E-state index >= 15 is 0 Å². The first-order chi connectivity index (χ1) is 11.4. The maximum absolute atomic E-state index is 12.5. The fraction of sp³-hybridized carbons (Fsp3) is 0.579. The molecule has 0 N–H and O–H groups in total. The molecule has 1 amide bonds. The van der Waals surface area contributed by atoms with Crippen LogP contribution in [0.4, 0.5) is 0 Å². The van der Waals surface area contributed by atoms with Gasteiger partial charge in [-0.15, -0.1) is 0 Å². The molecule has 0 aliphatic carbocycles. The zero-order valence-corrected chi connectivity index (χ0v) is 15.0. The third-order valence-electron chi connectivity index (χ3n) is 4.52. The number of rotatable bonds is 5. The summed E-state index contributed by atoms with van der Waals surface area (Å²) in [5, 5.41) is 0. The second-order valence-corrected chi connectivity index (χ2v) is 6.58. The van der Waals surface area contributed by atoms with Crippen molar-refractivity contribution in [2.45, 2.75) is 52.0 Å². The van der Waals surface area contributed by atoms with Crippen LogP contribution in [0, 0.1) is 6.92 Å². The van der Waals surface area contributed by atoms with Gasteiger partial charge in [0, 0.05) is 6.54 Å². The van der Waals surface area contributed by atoms with E-state index in [1.54, 1.807) is 4.90 Å². The quantitative estimate of drug-likeness (QED) is 0.777. The Hall–Kier alpha value is -2.04. The van der Waals surface area contributed by atoms with E-state index in [4.69, 9.17) is 9.47 Å². The van der Waals surface area contributed by atoms with Gasteiger partial charge in [-0.1, -0.05) is 19.9 Å². The minimum absolute atomic E-state index is 0.0615. The minimum Gasteiger partial charge on any atom is -0.484 e. The lowest BCUT2D eigenvalue weighted by Crippen LogP contribution is -2.50. The van der Waals surface area contributed by atoms with E-state index < -0.39 is 6.04 Å². The zero-order chi connectivity index (χ0) is 17.7. The van der Waals surface area contributed by atoms with Crippen molar-refractivity contribution in [3.63, 3.8) is 0 Å². The molecule has 132 valence electrons. The summed E-state index contributed by atoms with van der Waals surface area (Å²) in [5.74, 6) is 0.614. The molecule has 1 aromatic rings. The Labute approximate surface area is 143 Å². The summed E-state index contributed by atoms with van der Waals surface area (Å²) in [6, 6.07) is 5.41. The van der Waals surface area contributed by atoms with Crippen LogP contribution in [0.15, 0.2) is 18.2 Å². The number of likely N-dealkylation sites (tertiary alicyclic amines) is 1. The first-order valence-corrected chi connectivity index (χ1v) is 8.54. The number of hydrogen-bond donors (Lipinski definition) is 0. The van der Waals surface area contributed by atoms with Gasteiger partial charge in [0.25, 0.3) is 5.91 Å². The Morgan fingerprint density at radius 1 is 1.29 bits per heavy atom. The molecule has 0 radical (unpaired) electrons. The van der Waals surface area contributed by atoms with Crippen LogP contribution in [0.25, 0.3) is 0 Å². The number of hydrogen-bond acceptors (Lipinski definition) is 4. The largest absolute Gasteiger partial charge is 0.484 e. The predicted molar refractivity (Wildman–Crippen MR) is 92.1 cm³/mol. The summed E-state index contributed by atoms with van der Waals surface area (Å²) in [6.45, 7) is 6.86. The van der Waals surface area contributed by atoms with Crippen LogP contribution in [-0.4, -0.2) is 43.1 Å². The van der Waals surface area contributed by atoms with Gasteiger partial charge in [0.1, 0.15) is 11.8 Å². The van der Waals surface area contributed by atoms with Gasteiger partial charge in [-0.3, -0.25) is 4.79 Å². The van der Waals surface area contributed by atoms with Crippen molar-refractivity contribution in [3.05, 3.63) is 29.3 Å². The Morgan fingerprint density at radius 3 is 2.67 bits per heavy atom. The number of ether oxygens (including phenoxy) is 2. The van der Waals surface area contributed by atoms with Crippen molar-refractivity contribution < 1.29 is 19.1 Å². The Morgan fingerprint density at radius 2 is 2.04 bits per heavy atom. The summed E-state index contributed by atoms with van der Waals surface area (Å²) >= 11 is 0. The average molecular weight is 333 g/mol. The highest BCUT2D eigenvalue weighted by molar-refractivity contribution is 5.85. The van der Waals surface area contributed by atoms with Crippen LogP contribution in [0.2, 0.25) is 0 Å². The SMILES string of the molecule is COC(=O)C1CCCCN1C(=O)COc1ccc(C(C)C)c(C)c1. The monoisotopic (exact) mass is 333 g/mol. The smallest absolute Gasteiger partial charge is 0.328 e. The van der Waals surface area contributed by atoms with Crippen molar-refractivity contribution in [1.82, 2.24) is 4.90 Å². The third kappa shape index (κ3) is 4.28. The van der Waals surface area contributed by atoms with Crippen LogP contribution in [0.1, 0.15) is 50.2 Å². The highest BCUT2D eigenvalue weighted by atomic mass is 16.5. The Kier molecular flexibility index (Phi) is 6.23. The highest BCUT2D eigenvalue weighted by Gasteiger charge is 2.32. The van der Waals surface area contributed by atoms with Crippen LogP contribution < -0.4 is 4.74 Å². The second-order valence-electron chi connectivity index (χ2n) is 6.58. The first-order valence-electron chi connectivity index (χ1n) is 8.54. The molecule has 1 aromatic carbocycles. The lowest BCUT2D eigenvalue weighted by atomic mass is 9.98. The molecule has 1 saturated heterocycles. The minimum atomic E-state index is -0.482. The van der Waals surface area contributed by atoms with Crippen molar-refractivity contribution in [2.75, 3.05) is 20.3 Å². The van der Waals surface area contributed by atoms with Crippen molar-refractivity contribution in [1.29, 1.82) is 0 Å². The van der Waals surface area contributed by atoms with Crippen molar-refractivity contribution >= 4 is 11.9 Å². The summed E-state index contributed by atoms with van der Waals surface area (Å²) in [5.41, 5.74) is 2.43. The van der Waals surface area contributed by atoms with Crippen LogP contribution in [0.5, 0.6) is 5.75 Å². The normalized spacial score (nSPS) is 17.7. The zero-order valence-electron chi connectivity index (χ0n) is 15.0. The molecule has 0 spiro atoms. The molecule has 1 fully saturated rings. The molecule has 0 aromatic heterocycles. The molecule has 0 saturated carbocycles. The molecular formula is C19H27NO4. The van der Waals surface area contributed by atoms with Gasteiger partial charge in [0.15, 0.2) is 6.61 Å². The Balaban J connectivity index is 1.99. The third-order valence-corrected chi connectivity index (χ3v) is 4.52. The van der Waals surface area contributed by atoms with Gasteiger partial charge in [0.2, 0.25) is 0 Å². The second kappa shape index (κ2) is 8.18. The fourth-order valence-corrected chi connectivity index (χ4v) is 3.22. The van der Waals surface area contributed by atoms with Gasteiger partial charge < -0.3 is 14.4 Å². The molecule has 24 heavy (non-hydrogen) atoms. The fourth-order valence-electron chi connectivity index (χ4n) is 3.22. The van der Waals surface area contributed by atoms with Gasteiger partial charge in [-0.25, -0.2) is 4.79 Å². The standard InChI is InChI=1S/C19H27NO4/c1-13(2)16-9-8-15(11-14(16)3)24-12-18(21)20-10-6-5-7-17(20)19(22)23-4/h8-9,11,13,17H,5-7,10,12H2,1-4H3. The molecule has 1 heterocycles. The van der Waals surface area contributed by atoms with E-state index in [9.17, 15) is 9.59 Å². The van der Waals surface area contributed by atoms with Gasteiger partial charge in [-0.05, 0) is 55.4 Å². The molecule has 1 atom stereocenters. The number of methoxy groups -OCH3 is 1. The Bertz CT molecular complexity index is 597. The molecule has 5 heteroatoms. The maximum atomic E-state index is 12.5. The van der Waals surface area contributed by atoms with E-state index in [1.165, 1.54) is 12.7 Å². The maximum Gasteiger partial charge on any atom is 0.328 e. The summed E-state index contributed by atoms with van der Waals surface area (Å²) in [7, 11) is 1.36. The molecule has 1 aliphatic heterocycles.